The van der Waals surface area contributed by atoms with Crippen molar-refractivity contribution < 1.29 is 19.1 Å². The average molecular weight is 533 g/mol. The number of rotatable bonds is 7. The van der Waals surface area contributed by atoms with Gasteiger partial charge >= 0.3 is 0 Å². The van der Waals surface area contributed by atoms with Gasteiger partial charge in [0.2, 0.25) is 5.91 Å². The third-order valence-electron chi connectivity index (χ3n) is 9.26. The number of allylic oxidation sites excluding steroid dienone is 4. The van der Waals surface area contributed by atoms with Crippen LogP contribution in [0.25, 0.3) is 11.3 Å². The van der Waals surface area contributed by atoms with E-state index < -0.39 is 0 Å². The average Bonchev–Trinajstić information content (AvgIpc) is 3.39. The molecule has 2 saturated carbocycles. The standard InChI is InChI=1S/C33H44N2O4/c1-21-17-31(38-4)22(2)16-30(21)25-10-8-24(9-11-25)20-35(33(37)26-12-14-29(36)15-13-26)28-7-5-6-27(18-28)32-19-34-23(3)39-32/h5-7,16,18-19,21,24-26,29,36H,8-15,17,20H2,1-4H3. The quantitative estimate of drug-likeness (QED) is 0.407. The molecule has 5 rings (SSSR count). The molecule has 6 heteroatoms. The van der Waals surface area contributed by atoms with Gasteiger partial charge in [-0.1, -0.05) is 30.7 Å². The lowest BCUT2D eigenvalue weighted by molar-refractivity contribution is -0.124. The van der Waals surface area contributed by atoms with E-state index in [0.717, 1.165) is 61.4 Å². The minimum atomic E-state index is -0.272. The topological polar surface area (TPSA) is 75.8 Å². The van der Waals surface area contributed by atoms with Gasteiger partial charge in [0.1, 0.15) is 0 Å². The van der Waals surface area contributed by atoms with Crippen molar-refractivity contribution in [3.8, 4) is 11.3 Å². The number of carbonyl (C=O) groups is 1. The highest BCUT2D eigenvalue weighted by atomic mass is 16.5. The molecule has 1 amide bonds. The third kappa shape index (κ3) is 6.32. The normalized spacial score (nSPS) is 27.7. The van der Waals surface area contributed by atoms with Crippen molar-refractivity contribution in [1.82, 2.24) is 4.98 Å². The van der Waals surface area contributed by atoms with Crippen LogP contribution in [0.4, 0.5) is 5.69 Å². The summed E-state index contributed by atoms with van der Waals surface area (Å²) in [7, 11) is 1.78. The molecule has 39 heavy (non-hydrogen) atoms. The molecule has 0 bridgehead atoms. The minimum Gasteiger partial charge on any atom is -0.501 e. The number of aryl methyl sites for hydroxylation is 1. The van der Waals surface area contributed by atoms with E-state index in [4.69, 9.17) is 9.15 Å². The Morgan fingerprint density at radius 2 is 1.85 bits per heavy atom. The van der Waals surface area contributed by atoms with Crippen molar-refractivity contribution >= 4 is 11.6 Å². The maximum absolute atomic E-state index is 14.0. The molecule has 1 unspecified atom stereocenters. The molecule has 0 saturated heterocycles. The second-order valence-corrected chi connectivity index (χ2v) is 12.0. The number of aliphatic hydroxyl groups is 1. The van der Waals surface area contributed by atoms with E-state index in [9.17, 15) is 9.90 Å². The summed E-state index contributed by atoms with van der Waals surface area (Å²) < 4.78 is 11.4. The molecule has 210 valence electrons. The molecule has 2 aromatic rings. The summed E-state index contributed by atoms with van der Waals surface area (Å²) in [6.07, 6.45) is 12.4. The highest BCUT2D eigenvalue weighted by Gasteiger charge is 2.34. The Balaban J connectivity index is 1.32. The van der Waals surface area contributed by atoms with Gasteiger partial charge in [0, 0.05) is 37.1 Å². The molecule has 1 aromatic heterocycles. The Morgan fingerprint density at radius 1 is 1.10 bits per heavy atom. The van der Waals surface area contributed by atoms with Crippen molar-refractivity contribution in [2.45, 2.75) is 84.7 Å². The first-order valence-electron chi connectivity index (χ1n) is 14.8. The first-order valence-corrected chi connectivity index (χ1v) is 14.8. The Kier molecular flexibility index (Phi) is 8.61. The second kappa shape index (κ2) is 12.1. The number of oxazole rings is 1. The third-order valence-corrected chi connectivity index (χ3v) is 9.26. The van der Waals surface area contributed by atoms with Gasteiger partial charge in [-0.3, -0.25) is 4.79 Å². The monoisotopic (exact) mass is 532 g/mol. The number of anilines is 1. The zero-order valence-electron chi connectivity index (χ0n) is 24.0. The maximum atomic E-state index is 14.0. The van der Waals surface area contributed by atoms with Crippen LogP contribution in [0.15, 0.2) is 57.9 Å². The molecule has 0 radical (unpaired) electrons. The van der Waals surface area contributed by atoms with Gasteiger partial charge in [0.05, 0.1) is 25.2 Å². The van der Waals surface area contributed by atoms with E-state index in [1.54, 1.807) is 18.9 Å². The van der Waals surface area contributed by atoms with Crippen LogP contribution < -0.4 is 4.90 Å². The van der Waals surface area contributed by atoms with Crippen molar-refractivity contribution in [3.05, 3.63) is 59.3 Å². The molecule has 2 fully saturated rings. The van der Waals surface area contributed by atoms with Crippen LogP contribution in [0.3, 0.4) is 0 Å². The summed E-state index contributed by atoms with van der Waals surface area (Å²) in [6, 6.07) is 8.13. The number of nitrogens with zero attached hydrogens (tertiary/aromatic N) is 2. The first-order chi connectivity index (χ1) is 18.8. The van der Waals surface area contributed by atoms with Crippen LogP contribution in [0.2, 0.25) is 0 Å². The van der Waals surface area contributed by atoms with Crippen LogP contribution in [0.5, 0.6) is 0 Å². The number of aliphatic hydroxyl groups excluding tert-OH is 1. The van der Waals surface area contributed by atoms with E-state index in [1.807, 2.05) is 30.0 Å². The van der Waals surface area contributed by atoms with Crippen molar-refractivity contribution in [2.24, 2.45) is 23.7 Å². The number of amides is 1. The number of methoxy groups -OCH3 is 1. The van der Waals surface area contributed by atoms with Crippen LogP contribution in [0.1, 0.15) is 77.5 Å². The van der Waals surface area contributed by atoms with Crippen LogP contribution in [-0.2, 0) is 9.53 Å². The zero-order valence-corrected chi connectivity index (χ0v) is 24.0. The van der Waals surface area contributed by atoms with Gasteiger partial charge in [-0.05, 0) is 93.7 Å². The predicted octanol–water partition coefficient (Wildman–Crippen LogP) is 7.23. The molecular formula is C33H44N2O4. The summed E-state index contributed by atoms with van der Waals surface area (Å²) in [5.74, 6) is 4.25. The van der Waals surface area contributed by atoms with Gasteiger partial charge in [0.15, 0.2) is 11.7 Å². The Labute approximate surface area is 233 Å². The molecule has 0 aliphatic heterocycles. The summed E-state index contributed by atoms with van der Waals surface area (Å²) in [6.45, 7) is 7.08. The largest absolute Gasteiger partial charge is 0.501 e. The fraction of sp³-hybridized carbons (Fsp3) is 0.576. The molecule has 3 aliphatic carbocycles. The zero-order chi connectivity index (χ0) is 27.5. The molecule has 6 nitrogen and oxygen atoms in total. The number of hydrogen-bond donors (Lipinski definition) is 1. The van der Waals surface area contributed by atoms with E-state index in [-0.39, 0.29) is 17.9 Å². The molecule has 1 aromatic carbocycles. The van der Waals surface area contributed by atoms with Gasteiger partial charge in [0.25, 0.3) is 0 Å². The Hall–Kier alpha value is -2.86. The van der Waals surface area contributed by atoms with Crippen molar-refractivity contribution in [1.29, 1.82) is 0 Å². The molecule has 0 spiro atoms. The second-order valence-electron chi connectivity index (χ2n) is 12.0. The summed E-state index contributed by atoms with van der Waals surface area (Å²) in [4.78, 5) is 20.3. The van der Waals surface area contributed by atoms with Crippen LogP contribution in [0, 0.1) is 30.6 Å². The lowest BCUT2D eigenvalue weighted by atomic mass is 9.72. The van der Waals surface area contributed by atoms with Gasteiger partial charge in [-0.2, -0.15) is 0 Å². The molecule has 1 N–H and O–H groups in total. The van der Waals surface area contributed by atoms with E-state index in [1.165, 1.54) is 18.4 Å². The first kappa shape index (κ1) is 27.7. The SMILES string of the molecule is COC1=C(C)C=C(C2CCC(CN(C(=O)C3CCC(O)CC3)c3cccc(-c4cnc(C)o4)c3)CC2)C(C)C1. The van der Waals surface area contributed by atoms with E-state index in [0.29, 0.717) is 36.5 Å². The molecule has 3 aliphatic rings. The Morgan fingerprint density at radius 3 is 2.51 bits per heavy atom. The highest BCUT2D eigenvalue weighted by molar-refractivity contribution is 5.95. The fourth-order valence-electron chi connectivity index (χ4n) is 6.92. The fourth-order valence-corrected chi connectivity index (χ4v) is 6.92. The summed E-state index contributed by atoms with van der Waals surface area (Å²) >= 11 is 0. The lowest BCUT2D eigenvalue weighted by Crippen LogP contribution is -2.42. The number of aromatic nitrogens is 1. The smallest absolute Gasteiger partial charge is 0.230 e. The van der Waals surface area contributed by atoms with Crippen LogP contribution >= 0.6 is 0 Å². The number of hydrogen-bond acceptors (Lipinski definition) is 5. The van der Waals surface area contributed by atoms with E-state index in [2.05, 4.69) is 31.0 Å². The lowest BCUT2D eigenvalue weighted by Gasteiger charge is -2.37. The minimum absolute atomic E-state index is 0.0288. The van der Waals surface area contributed by atoms with Gasteiger partial charge < -0.3 is 19.2 Å². The Bertz CT molecular complexity index is 1210. The van der Waals surface area contributed by atoms with Gasteiger partial charge in [-0.25, -0.2) is 4.98 Å². The van der Waals surface area contributed by atoms with Crippen molar-refractivity contribution in [3.63, 3.8) is 0 Å². The number of benzene rings is 1. The maximum Gasteiger partial charge on any atom is 0.230 e. The van der Waals surface area contributed by atoms with E-state index >= 15 is 0 Å². The van der Waals surface area contributed by atoms with Crippen LogP contribution in [-0.4, -0.2) is 35.8 Å². The molecular weight excluding hydrogens is 488 g/mol. The highest BCUT2D eigenvalue weighted by Crippen LogP contribution is 2.42. The van der Waals surface area contributed by atoms with Crippen molar-refractivity contribution in [2.75, 3.05) is 18.6 Å². The summed E-state index contributed by atoms with van der Waals surface area (Å²) in [5.41, 5.74) is 4.71. The molecule has 1 heterocycles. The van der Waals surface area contributed by atoms with Gasteiger partial charge in [-0.15, -0.1) is 0 Å². The summed E-state index contributed by atoms with van der Waals surface area (Å²) in [5, 5.41) is 10.0. The predicted molar refractivity (Wildman–Crippen MR) is 154 cm³/mol. The number of carbonyl (C=O) groups excluding carboxylic acids is 1. The number of ether oxygens (including phenoxy) is 1. The molecule has 1 atom stereocenters.